The molecule has 0 bridgehead atoms. The van der Waals surface area contributed by atoms with Crippen LogP contribution in [-0.2, 0) is 6.42 Å². The van der Waals surface area contributed by atoms with Gasteiger partial charge in [-0.05, 0) is 41.7 Å². The minimum atomic E-state index is -0.0272. The molecule has 0 radical (unpaired) electrons. The first-order valence-corrected chi connectivity index (χ1v) is 8.91. The Morgan fingerprint density at radius 1 is 0.960 bits per heavy atom. The van der Waals surface area contributed by atoms with Crippen LogP contribution in [-0.4, -0.2) is 10.4 Å². The first-order valence-electron chi connectivity index (χ1n) is 8.53. The van der Waals surface area contributed by atoms with Crippen LogP contribution in [0.15, 0.2) is 60.8 Å². The molecule has 3 aromatic rings. The first-order chi connectivity index (χ1) is 11.9. The Hall–Kier alpha value is -2.32. The monoisotopic (exact) mass is 349 g/mol. The van der Waals surface area contributed by atoms with Crippen molar-refractivity contribution in [1.29, 1.82) is 0 Å². The number of carbonyl (C=O) groups is 1. The molecule has 0 amide bonds. The van der Waals surface area contributed by atoms with Crippen molar-refractivity contribution in [3.05, 3.63) is 77.1 Å². The molecule has 126 valence electrons. The average Bonchev–Trinajstić information content (AvgIpc) is 2.95. The summed E-state index contributed by atoms with van der Waals surface area (Å²) in [6.45, 7) is 4.32. The summed E-state index contributed by atoms with van der Waals surface area (Å²) in [4.78, 5) is 13.0. The zero-order valence-corrected chi connectivity index (χ0v) is 15.2. The number of ketones is 1. The van der Waals surface area contributed by atoms with Crippen LogP contribution in [0.4, 0.5) is 0 Å². The maximum Gasteiger partial charge on any atom is 0.165 e. The largest absolute Gasteiger partial charge is 0.319 e. The van der Waals surface area contributed by atoms with Crippen molar-refractivity contribution in [3.63, 3.8) is 0 Å². The summed E-state index contributed by atoms with van der Waals surface area (Å²) in [6.07, 6.45) is 3.57. The van der Waals surface area contributed by atoms with Gasteiger partial charge in [-0.2, -0.15) is 0 Å². The standard InChI is InChI=1S/C22H20ClNO/c1-22(2)12-19-21(20(25)13-22)18(15-6-4-3-5-7-15)14-24(19)17-10-8-16(23)9-11-17/h3-11,14H,12-13H2,1-2H3. The summed E-state index contributed by atoms with van der Waals surface area (Å²) >= 11 is 6.05. The fraction of sp³-hybridized carbons (Fsp3) is 0.227. The van der Waals surface area contributed by atoms with E-state index in [9.17, 15) is 4.79 Å². The molecule has 2 aromatic carbocycles. The molecule has 3 heteroatoms. The molecule has 2 nitrogen and oxygen atoms in total. The fourth-order valence-electron chi connectivity index (χ4n) is 3.74. The molecule has 1 aliphatic rings. The van der Waals surface area contributed by atoms with Crippen LogP contribution in [0.1, 0.15) is 36.3 Å². The number of Topliss-reactive ketones (excluding diaryl/α,β-unsaturated/α-hetero) is 1. The van der Waals surface area contributed by atoms with E-state index in [1.54, 1.807) is 0 Å². The SMILES string of the molecule is CC1(C)CC(=O)c2c(-c3ccccc3)cn(-c3ccc(Cl)cc3)c2C1. The van der Waals surface area contributed by atoms with Crippen molar-refractivity contribution in [2.75, 3.05) is 0 Å². The van der Waals surface area contributed by atoms with E-state index in [0.717, 1.165) is 34.5 Å². The Morgan fingerprint density at radius 3 is 2.32 bits per heavy atom. The number of rotatable bonds is 2. The van der Waals surface area contributed by atoms with Gasteiger partial charge in [0.2, 0.25) is 0 Å². The number of benzene rings is 2. The van der Waals surface area contributed by atoms with Gasteiger partial charge in [0.15, 0.2) is 5.78 Å². The second-order valence-corrected chi connectivity index (χ2v) is 7.95. The Balaban J connectivity index is 1.96. The van der Waals surface area contributed by atoms with Crippen LogP contribution in [0.2, 0.25) is 5.02 Å². The molecule has 0 N–H and O–H groups in total. The highest BCUT2D eigenvalue weighted by molar-refractivity contribution is 6.30. The number of halogens is 1. The zero-order valence-electron chi connectivity index (χ0n) is 14.4. The molecule has 25 heavy (non-hydrogen) atoms. The van der Waals surface area contributed by atoms with Gasteiger partial charge in [-0.15, -0.1) is 0 Å². The van der Waals surface area contributed by atoms with Crippen LogP contribution in [0.5, 0.6) is 0 Å². The Morgan fingerprint density at radius 2 is 1.64 bits per heavy atom. The van der Waals surface area contributed by atoms with E-state index in [0.29, 0.717) is 11.4 Å². The van der Waals surface area contributed by atoms with Gasteiger partial charge in [0.25, 0.3) is 0 Å². The number of aromatic nitrogens is 1. The molecule has 0 fully saturated rings. The van der Waals surface area contributed by atoms with Crippen molar-refractivity contribution < 1.29 is 4.79 Å². The molecule has 0 aliphatic heterocycles. The molecule has 1 aliphatic carbocycles. The van der Waals surface area contributed by atoms with Crippen LogP contribution >= 0.6 is 11.6 Å². The molecule has 4 rings (SSSR count). The smallest absolute Gasteiger partial charge is 0.165 e. The Kier molecular flexibility index (Phi) is 3.81. The van der Waals surface area contributed by atoms with E-state index in [-0.39, 0.29) is 11.2 Å². The molecule has 1 heterocycles. The fourth-order valence-corrected chi connectivity index (χ4v) is 3.87. The predicted molar refractivity (Wildman–Crippen MR) is 103 cm³/mol. The highest BCUT2D eigenvalue weighted by Crippen LogP contribution is 2.41. The van der Waals surface area contributed by atoms with E-state index < -0.39 is 0 Å². The lowest BCUT2D eigenvalue weighted by molar-refractivity contribution is 0.0911. The van der Waals surface area contributed by atoms with Crippen LogP contribution in [0, 0.1) is 5.41 Å². The normalized spacial score (nSPS) is 15.9. The topological polar surface area (TPSA) is 22.0 Å². The molecule has 0 saturated carbocycles. The number of nitrogens with zero attached hydrogens (tertiary/aromatic N) is 1. The maximum absolute atomic E-state index is 13.0. The maximum atomic E-state index is 13.0. The van der Waals surface area contributed by atoms with Crippen LogP contribution in [0.25, 0.3) is 16.8 Å². The van der Waals surface area contributed by atoms with E-state index in [2.05, 4.69) is 36.7 Å². The van der Waals surface area contributed by atoms with Gasteiger partial charge < -0.3 is 4.57 Å². The minimum Gasteiger partial charge on any atom is -0.319 e. The number of fused-ring (bicyclic) bond motifs is 1. The molecule has 0 atom stereocenters. The van der Waals surface area contributed by atoms with Crippen molar-refractivity contribution in [3.8, 4) is 16.8 Å². The molecule has 1 aromatic heterocycles. The summed E-state index contributed by atoms with van der Waals surface area (Å²) in [6, 6.07) is 17.9. The van der Waals surface area contributed by atoms with Gasteiger partial charge in [0.1, 0.15) is 0 Å². The van der Waals surface area contributed by atoms with Gasteiger partial charge >= 0.3 is 0 Å². The Labute approximate surface area is 153 Å². The van der Waals surface area contributed by atoms with E-state index in [1.807, 2.05) is 42.5 Å². The summed E-state index contributed by atoms with van der Waals surface area (Å²) in [5, 5.41) is 0.712. The summed E-state index contributed by atoms with van der Waals surface area (Å²) in [5.74, 6) is 0.234. The van der Waals surface area contributed by atoms with Crippen LogP contribution < -0.4 is 0 Å². The highest BCUT2D eigenvalue weighted by atomic mass is 35.5. The van der Waals surface area contributed by atoms with Gasteiger partial charge in [-0.3, -0.25) is 4.79 Å². The van der Waals surface area contributed by atoms with Gasteiger partial charge in [-0.25, -0.2) is 0 Å². The molecule has 0 unspecified atom stereocenters. The van der Waals surface area contributed by atoms with E-state index >= 15 is 0 Å². The molecule has 0 saturated heterocycles. The summed E-state index contributed by atoms with van der Waals surface area (Å²) < 4.78 is 2.16. The predicted octanol–water partition coefficient (Wildman–Crippen LogP) is 5.95. The lowest BCUT2D eigenvalue weighted by Gasteiger charge is -2.30. The van der Waals surface area contributed by atoms with Crippen molar-refractivity contribution >= 4 is 17.4 Å². The zero-order chi connectivity index (χ0) is 17.6. The lowest BCUT2D eigenvalue weighted by Crippen LogP contribution is -2.28. The Bertz CT molecular complexity index is 936. The number of hydrogen-bond donors (Lipinski definition) is 0. The minimum absolute atomic E-state index is 0.0272. The second-order valence-electron chi connectivity index (χ2n) is 7.52. The van der Waals surface area contributed by atoms with Gasteiger partial charge in [0, 0.05) is 40.1 Å². The molecular formula is C22H20ClNO. The van der Waals surface area contributed by atoms with Crippen molar-refractivity contribution in [2.24, 2.45) is 5.41 Å². The van der Waals surface area contributed by atoms with Crippen LogP contribution in [0.3, 0.4) is 0 Å². The molecular weight excluding hydrogens is 330 g/mol. The van der Waals surface area contributed by atoms with Crippen molar-refractivity contribution in [2.45, 2.75) is 26.7 Å². The highest BCUT2D eigenvalue weighted by Gasteiger charge is 2.35. The van der Waals surface area contributed by atoms with Gasteiger partial charge in [0.05, 0.1) is 0 Å². The lowest BCUT2D eigenvalue weighted by atomic mass is 9.75. The first kappa shape index (κ1) is 16.2. The van der Waals surface area contributed by atoms with E-state index in [1.165, 1.54) is 0 Å². The third kappa shape index (κ3) is 2.91. The molecule has 0 spiro atoms. The second kappa shape index (κ2) is 5.89. The van der Waals surface area contributed by atoms with Gasteiger partial charge in [-0.1, -0.05) is 55.8 Å². The summed E-state index contributed by atoms with van der Waals surface area (Å²) in [5.41, 5.74) is 5.09. The van der Waals surface area contributed by atoms with Crippen molar-refractivity contribution in [1.82, 2.24) is 4.57 Å². The quantitative estimate of drug-likeness (QED) is 0.560. The third-order valence-electron chi connectivity index (χ3n) is 4.86. The number of carbonyl (C=O) groups excluding carboxylic acids is 1. The summed E-state index contributed by atoms with van der Waals surface area (Å²) in [7, 11) is 0. The third-order valence-corrected chi connectivity index (χ3v) is 5.11. The average molecular weight is 350 g/mol. The van der Waals surface area contributed by atoms with E-state index in [4.69, 9.17) is 11.6 Å². The number of hydrogen-bond acceptors (Lipinski definition) is 1.